The number of carbonyl (C=O) groups is 2. The standard InChI is InChI=1S/C15H19ClN2O4/c1-4-22-11-7-15(13(20)21,14(11,2)3)18-12(19)9-5-6-17-8-10(9)16/h5-6,8,11H,4,7H2,1-3H3,(H,18,19)(H,20,21)/t11-,15+/m0/s1. The van der Waals surface area contributed by atoms with E-state index in [0.29, 0.717) is 6.61 Å². The number of hydrogen-bond acceptors (Lipinski definition) is 4. The molecule has 0 spiro atoms. The van der Waals surface area contributed by atoms with Gasteiger partial charge in [-0.25, -0.2) is 4.79 Å². The molecular formula is C15H19ClN2O4. The van der Waals surface area contributed by atoms with Gasteiger partial charge >= 0.3 is 5.97 Å². The van der Waals surface area contributed by atoms with E-state index >= 15 is 0 Å². The Morgan fingerprint density at radius 3 is 2.73 bits per heavy atom. The lowest BCUT2D eigenvalue weighted by molar-refractivity contribution is -0.190. The topological polar surface area (TPSA) is 88.5 Å². The Morgan fingerprint density at radius 2 is 2.23 bits per heavy atom. The normalized spacial score (nSPS) is 26.1. The van der Waals surface area contributed by atoms with Crippen LogP contribution in [0, 0.1) is 5.41 Å². The fourth-order valence-corrected chi connectivity index (χ4v) is 3.06. The summed E-state index contributed by atoms with van der Waals surface area (Å²) in [6, 6.07) is 1.46. The highest BCUT2D eigenvalue weighted by Crippen LogP contribution is 2.51. The van der Waals surface area contributed by atoms with E-state index < -0.39 is 22.8 Å². The van der Waals surface area contributed by atoms with Crippen LogP contribution in [-0.2, 0) is 9.53 Å². The molecule has 1 aromatic rings. The summed E-state index contributed by atoms with van der Waals surface area (Å²) in [7, 11) is 0. The molecule has 0 saturated heterocycles. The van der Waals surface area contributed by atoms with E-state index in [4.69, 9.17) is 16.3 Å². The van der Waals surface area contributed by atoms with Crippen molar-refractivity contribution in [3.8, 4) is 0 Å². The lowest BCUT2D eigenvalue weighted by atomic mass is 9.54. The SMILES string of the molecule is CCO[C@H]1C[C@@](NC(=O)c2ccncc2Cl)(C(=O)O)C1(C)C. The summed E-state index contributed by atoms with van der Waals surface area (Å²) < 4.78 is 5.56. The third kappa shape index (κ3) is 2.46. The van der Waals surface area contributed by atoms with Crippen molar-refractivity contribution in [2.75, 3.05) is 6.61 Å². The first-order valence-electron chi connectivity index (χ1n) is 7.03. The van der Waals surface area contributed by atoms with E-state index in [0.717, 1.165) is 0 Å². The van der Waals surface area contributed by atoms with Crippen molar-refractivity contribution in [2.45, 2.75) is 38.8 Å². The largest absolute Gasteiger partial charge is 0.479 e. The Kier molecular flexibility index (Phi) is 4.44. The van der Waals surface area contributed by atoms with Crippen molar-refractivity contribution < 1.29 is 19.4 Å². The Hall–Kier alpha value is -1.66. The molecule has 2 rings (SSSR count). The molecule has 2 atom stereocenters. The first-order valence-corrected chi connectivity index (χ1v) is 7.41. The zero-order valence-electron chi connectivity index (χ0n) is 12.7. The van der Waals surface area contributed by atoms with Gasteiger partial charge in [0.15, 0.2) is 0 Å². The van der Waals surface area contributed by atoms with E-state index in [1.807, 2.05) is 6.92 Å². The number of hydrogen-bond donors (Lipinski definition) is 2. The van der Waals surface area contributed by atoms with E-state index in [1.165, 1.54) is 18.5 Å². The van der Waals surface area contributed by atoms with Gasteiger partial charge in [0.05, 0.1) is 16.7 Å². The number of halogens is 1. The summed E-state index contributed by atoms with van der Waals surface area (Å²) >= 11 is 5.94. The van der Waals surface area contributed by atoms with Crippen molar-refractivity contribution in [3.63, 3.8) is 0 Å². The molecule has 2 N–H and O–H groups in total. The van der Waals surface area contributed by atoms with E-state index in [2.05, 4.69) is 10.3 Å². The molecule has 1 aliphatic rings. The second kappa shape index (κ2) is 5.85. The number of aliphatic carboxylic acids is 1. The lowest BCUT2D eigenvalue weighted by Crippen LogP contribution is -2.76. The number of rotatable bonds is 5. The highest BCUT2D eigenvalue weighted by Gasteiger charge is 2.66. The molecule has 6 nitrogen and oxygen atoms in total. The molecule has 1 heterocycles. The van der Waals surface area contributed by atoms with Gasteiger partial charge in [0.25, 0.3) is 5.91 Å². The molecule has 1 aromatic heterocycles. The molecule has 0 aromatic carbocycles. The maximum atomic E-state index is 12.4. The van der Waals surface area contributed by atoms with Crippen LogP contribution < -0.4 is 5.32 Å². The van der Waals surface area contributed by atoms with Crippen LogP contribution in [-0.4, -0.2) is 40.2 Å². The molecule has 1 saturated carbocycles. The van der Waals surface area contributed by atoms with Crippen LogP contribution in [0.4, 0.5) is 0 Å². The van der Waals surface area contributed by atoms with Crippen LogP contribution in [0.25, 0.3) is 0 Å². The molecule has 0 unspecified atom stereocenters. The summed E-state index contributed by atoms with van der Waals surface area (Å²) in [4.78, 5) is 28.0. The van der Waals surface area contributed by atoms with Crippen LogP contribution >= 0.6 is 11.6 Å². The Bertz CT molecular complexity index is 605. The minimum atomic E-state index is -1.38. The van der Waals surface area contributed by atoms with Gasteiger partial charge in [0.2, 0.25) is 0 Å². The molecule has 0 bridgehead atoms. The number of ether oxygens (including phenoxy) is 1. The molecule has 1 aliphatic carbocycles. The number of aromatic nitrogens is 1. The van der Waals surface area contributed by atoms with Crippen LogP contribution in [0.2, 0.25) is 5.02 Å². The van der Waals surface area contributed by atoms with Gasteiger partial charge in [-0.15, -0.1) is 0 Å². The molecular weight excluding hydrogens is 308 g/mol. The van der Waals surface area contributed by atoms with E-state index in [-0.39, 0.29) is 23.1 Å². The maximum Gasteiger partial charge on any atom is 0.330 e. The number of carbonyl (C=O) groups excluding carboxylic acids is 1. The molecule has 22 heavy (non-hydrogen) atoms. The van der Waals surface area contributed by atoms with Crippen molar-refractivity contribution >= 4 is 23.5 Å². The van der Waals surface area contributed by atoms with Gasteiger partial charge in [-0.2, -0.15) is 0 Å². The van der Waals surface area contributed by atoms with Crippen molar-refractivity contribution in [3.05, 3.63) is 29.0 Å². The molecule has 1 fully saturated rings. The molecule has 0 radical (unpaired) electrons. The third-order valence-electron chi connectivity index (χ3n) is 4.47. The first kappa shape index (κ1) is 16.7. The summed E-state index contributed by atoms with van der Waals surface area (Å²) in [5.74, 6) is -1.61. The molecule has 0 aliphatic heterocycles. The van der Waals surface area contributed by atoms with Crippen molar-refractivity contribution in [1.82, 2.24) is 10.3 Å². The summed E-state index contributed by atoms with van der Waals surface area (Å²) in [6.07, 6.45) is 2.78. The summed E-state index contributed by atoms with van der Waals surface area (Å²) in [6.45, 7) is 5.90. The van der Waals surface area contributed by atoms with Crippen molar-refractivity contribution in [1.29, 1.82) is 0 Å². The summed E-state index contributed by atoms with van der Waals surface area (Å²) in [5, 5.41) is 12.5. The van der Waals surface area contributed by atoms with E-state index in [1.54, 1.807) is 13.8 Å². The average Bonchev–Trinajstić information content (AvgIpc) is 2.45. The van der Waals surface area contributed by atoms with Crippen LogP contribution in [0.15, 0.2) is 18.5 Å². The minimum Gasteiger partial charge on any atom is -0.479 e. The molecule has 120 valence electrons. The zero-order chi connectivity index (χ0) is 16.5. The zero-order valence-corrected chi connectivity index (χ0v) is 13.5. The Morgan fingerprint density at radius 1 is 1.55 bits per heavy atom. The Labute approximate surface area is 133 Å². The van der Waals surface area contributed by atoms with Gasteiger partial charge in [0.1, 0.15) is 5.54 Å². The fraction of sp³-hybridized carbons (Fsp3) is 0.533. The summed E-state index contributed by atoms with van der Waals surface area (Å²) in [5.41, 5.74) is -1.91. The maximum absolute atomic E-state index is 12.4. The highest BCUT2D eigenvalue weighted by molar-refractivity contribution is 6.33. The minimum absolute atomic E-state index is 0.180. The number of amides is 1. The number of carboxylic acid groups (broad SMARTS) is 1. The number of pyridine rings is 1. The quantitative estimate of drug-likeness (QED) is 0.865. The van der Waals surface area contributed by atoms with Gasteiger partial charge in [-0.1, -0.05) is 25.4 Å². The number of carboxylic acids is 1. The van der Waals surface area contributed by atoms with Gasteiger partial charge in [0, 0.05) is 30.8 Å². The number of nitrogens with zero attached hydrogens (tertiary/aromatic N) is 1. The smallest absolute Gasteiger partial charge is 0.330 e. The third-order valence-corrected chi connectivity index (χ3v) is 4.77. The van der Waals surface area contributed by atoms with Gasteiger partial charge in [-0.3, -0.25) is 9.78 Å². The second-order valence-electron chi connectivity index (χ2n) is 5.89. The first-order chi connectivity index (χ1) is 10.3. The highest BCUT2D eigenvalue weighted by atomic mass is 35.5. The average molecular weight is 327 g/mol. The van der Waals surface area contributed by atoms with Crippen molar-refractivity contribution in [2.24, 2.45) is 5.41 Å². The van der Waals surface area contributed by atoms with E-state index in [9.17, 15) is 14.7 Å². The monoisotopic (exact) mass is 326 g/mol. The van der Waals surface area contributed by atoms with Crippen LogP contribution in [0.1, 0.15) is 37.6 Å². The number of nitrogens with one attached hydrogen (secondary N) is 1. The Balaban J connectivity index is 2.27. The predicted molar refractivity (Wildman–Crippen MR) is 80.9 cm³/mol. The molecule has 1 amide bonds. The van der Waals surface area contributed by atoms with Gasteiger partial charge < -0.3 is 15.2 Å². The lowest BCUT2D eigenvalue weighted by Gasteiger charge is -2.58. The van der Waals surface area contributed by atoms with Crippen LogP contribution in [0.3, 0.4) is 0 Å². The van der Waals surface area contributed by atoms with Gasteiger partial charge in [-0.05, 0) is 13.0 Å². The fourth-order valence-electron chi connectivity index (χ4n) is 2.86. The second-order valence-corrected chi connectivity index (χ2v) is 6.30. The van der Waals surface area contributed by atoms with Crippen LogP contribution in [0.5, 0.6) is 0 Å². The molecule has 7 heteroatoms. The predicted octanol–water partition coefficient (Wildman–Crippen LogP) is 2.12.